The van der Waals surface area contributed by atoms with Gasteiger partial charge in [-0.25, -0.2) is 0 Å². The lowest BCUT2D eigenvalue weighted by atomic mass is 9.79. The van der Waals surface area contributed by atoms with Crippen molar-refractivity contribution in [3.8, 4) is 28.1 Å². The fourth-order valence-corrected chi connectivity index (χ4v) is 3.49. The number of benzene rings is 1. The van der Waals surface area contributed by atoms with Gasteiger partial charge in [0.25, 0.3) is 0 Å². The number of phenols is 1. The van der Waals surface area contributed by atoms with E-state index in [1.54, 1.807) is 18.5 Å². The molecule has 3 heteroatoms. The van der Waals surface area contributed by atoms with Crippen molar-refractivity contribution in [1.82, 2.24) is 9.97 Å². The van der Waals surface area contributed by atoms with E-state index < -0.39 is 0 Å². The molecule has 0 saturated heterocycles. The number of pyridine rings is 2. The van der Waals surface area contributed by atoms with E-state index in [2.05, 4.69) is 29.9 Å². The number of hydrogen-bond donors (Lipinski definition) is 1. The summed E-state index contributed by atoms with van der Waals surface area (Å²) in [5.41, 5.74) is 5.95. The largest absolute Gasteiger partial charge is 0.507 e. The third-order valence-electron chi connectivity index (χ3n) is 4.50. The van der Waals surface area contributed by atoms with Gasteiger partial charge in [-0.3, -0.25) is 9.97 Å². The molecule has 0 fully saturated rings. The Morgan fingerprint density at radius 3 is 2.59 bits per heavy atom. The van der Waals surface area contributed by atoms with Crippen LogP contribution in [0.15, 0.2) is 55.0 Å². The topological polar surface area (TPSA) is 46.0 Å². The first-order valence-electron chi connectivity index (χ1n) is 7.33. The van der Waals surface area contributed by atoms with Crippen molar-refractivity contribution in [2.75, 3.05) is 0 Å². The second-order valence-electron chi connectivity index (χ2n) is 6.15. The number of hydrogen-bond acceptors (Lipinski definition) is 3. The molecule has 1 aromatic carbocycles. The van der Waals surface area contributed by atoms with Crippen LogP contribution in [0, 0.1) is 0 Å². The van der Waals surface area contributed by atoms with E-state index in [4.69, 9.17) is 0 Å². The average molecular weight is 288 g/mol. The molecule has 3 aromatic rings. The summed E-state index contributed by atoms with van der Waals surface area (Å²) in [6.45, 7) is 4.36. The fourth-order valence-electron chi connectivity index (χ4n) is 3.49. The summed E-state index contributed by atoms with van der Waals surface area (Å²) in [6, 6.07) is 11.7. The maximum atomic E-state index is 10.4. The predicted molar refractivity (Wildman–Crippen MR) is 86.7 cm³/mol. The van der Waals surface area contributed by atoms with Crippen molar-refractivity contribution < 1.29 is 5.11 Å². The standard InChI is InChI=1S/C19H16N2O/c1-19(2)14-6-4-10-21-18(14)16-15(22)8-7-13(17(16)19)12-5-3-9-20-11-12/h3-11,22H,1-2H3. The van der Waals surface area contributed by atoms with Gasteiger partial charge in [-0.15, -0.1) is 0 Å². The number of aromatic nitrogens is 2. The van der Waals surface area contributed by atoms with E-state index in [0.717, 1.165) is 33.5 Å². The molecule has 0 amide bonds. The van der Waals surface area contributed by atoms with Crippen molar-refractivity contribution in [3.05, 3.63) is 66.1 Å². The Balaban J connectivity index is 2.10. The van der Waals surface area contributed by atoms with Crippen molar-refractivity contribution in [3.63, 3.8) is 0 Å². The van der Waals surface area contributed by atoms with Gasteiger partial charge in [0.05, 0.1) is 5.69 Å². The summed E-state index contributed by atoms with van der Waals surface area (Å²) in [5, 5.41) is 10.4. The minimum absolute atomic E-state index is 0.206. The van der Waals surface area contributed by atoms with Gasteiger partial charge in [-0.05, 0) is 34.9 Å². The van der Waals surface area contributed by atoms with Crippen LogP contribution in [-0.4, -0.2) is 15.1 Å². The maximum absolute atomic E-state index is 10.4. The molecule has 0 bridgehead atoms. The van der Waals surface area contributed by atoms with Gasteiger partial charge in [-0.1, -0.05) is 32.0 Å². The normalized spacial score (nSPS) is 14.5. The van der Waals surface area contributed by atoms with Gasteiger partial charge in [0.15, 0.2) is 0 Å². The molecule has 108 valence electrons. The lowest BCUT2D eigenvalue weighted by Crippen LogP contribution is -2.16. The lowest BCUT2D eigenvalue weighted by molar-refractivity contribution is 0.476. The molecular weight excluding hydrogens is 272 g/mol. The number of phenolic OH excluding ortho intramolecular Hbond substituents is 1. The smallest absolute Gasteiger partial charge is 0.125 e. The monoisotopic (exact) mass is 288 g/mol. The molecule has 0 unspecified atom stereocenters. The minimum atomic E-state index is -0.206. The van der Waals surface area contributed by atoms with Gasteiger partial charge in [0.1, 0.15) is 5.75 Å². The van der Waals surface area contributed by atoms with Gasteiger partial charge in [0.2, 0.25) is 0 Å². The summed E-state index contributed by atoms with van der Waals surface area (Å²) < 4.78 is 0. The summed E-state index contributed by atoms with van der Waals surface area (Å²) in [5.74, 6) is 0.285. The van der Waals surface area contributed by atoms with E-state index in [1.807, 2.05) is 30.5 Å². The Kier molecular flexibility index (Phi) is 2.61. The number of nitrogens with zero attached hydrogens (tertiary/aromatic N) is 2. The first-order chi connectivity index (χ1) is 10.6. The molecule has 22 heavy (non-hydrogen) atoms. The van der Waals surface area contributed by atoms with Gasteiger partial charge in [0, 0.05) is 35.1 Å². The highest BCUT2D eigenvalue weighted by atomic mass is 16.3. The van der Waals surface area contributed by atoms with Crippen LogP contribution >= 0.6 is 0 Å². The zero-order chi connectivity index (χ0) is 15.3. The van der Waals surface area contributed by atoms with Crippen LogP contribution in [0.1, 0.15) is 25.0 Å². The van der Waals surface area contributed by atoms with Crippen LogP contribution < -0.4 is 0 Å². The fraction of sp³-hybridized carbons (Fsp3) is 0.158. The van der Waals surface area contributed by atoms with E-state index in [9.17, 15) is 5.11 Å². The number of aromatic hydroxyl groups is 1. The highest BCUT2D eigenvalue weighted by molar-refractivity contribution is 5.89. The first-order valence-corrected chi connectivity index (χ1v) is 7.33. The molecule has 2 aromatic heterocycles. The molecule has 1 aliphatic carbocycles. The highest BCUT2D eigenvalue weighted by Gasteiger charge is 2.40. The SMILES string of the molecule is CC1(C)c2cccnc2-c2c(O)ccc(-c3cccnc3)c21. The molecule has 0 saturated carbocycles. The molecule has 3 nitrogen and oxygen atoms in total. The third-order valence-corrected chi connectivity index (χ3v) is 4.50. The Bertz CT molecular complexity index is 870. The third kappa shape index (κ3) is 1.62. The van der Waals surface area contributed by atoms with Crippen LogP contribution in [-0.2, 0) is 5.41 Å². The molecule has 0 aliphatic heterocycles. The zero-order valence-corrected chi connectivity index (χ0v) is 12.5. The summed E-state index contributed by atoms with van der Waals surface area (Å²) >= 11 is 0. The molecular formula is C19H16N2O. The lowest BCUT2D eigenvalue weighted by Gasteiger charge is -2.24. The minimum Gasteiger partial charge on any atom is -0.507 e. The molecule has 0 radical (unpaired) electrons. The van der Waals surface area contributed by atoms with Gasteiger partial charge >= 0.3 is 0 Å². The summed E-state index contributed by atoms with van der Waals surface area (Å²) in [4.78, 5) is 8.74. The van der Waals surface area contributed by atoms with Gasteiger partial charge < -0.3 is 5.11 Å². The Morgan fingerprint density at radius 1 is 1.00 bits per heavy atom. The van der Waals surface area contributed by atoms with E-state index in [-0.39, 0.29) is 11.2 Å². The molecule has 2 heterocycles. The second-order valence-corrected chi connectivity index (χ2v) is 6.15. The van der Waals surface area contributed by atoms with Crippen molar-refractivity contribution >= 4 is 0 Å². The predicted octanol–water partition coefficient (Wildman–Crippen LogP) is 4.16. The molecule has 0 spiro atoms. The van der Waals surface area contributed by atoms with Crippen molar-refractivity contribution in [1.29, 1.82) is 0 Å². The molecule has 1 N–H and O–H groups in total. The zero-order valence-electron chi connectivity index (χ0n) is 12.5. The van der Waals surface area contributed by atoms with Crippen LogP contribution in [0.25, 0.3) is 22.4 Å². The summed E-state index contributed by atoms with van der Waals surface area (Å²) in [7, 11) is 0. The van der Waals surface area contributed by atoms with E-state index in [1.165, 1.54) is 0 Å². The van der Waals surface area contributed by atoms with Crippen LogP contribution in [0.5, 0.6) is 5.75 Å². The number of fused-ring (bicyclic) bond motifs is 3. The maximum Gasteiger partial charge on any atom is 0.125 e. The molecule has 0 atom stereocenters. The molecule has 4 rings (SSSR count). The Morgan fingerprint density at radius 2 is 1.82 bits per heavy atom. The second kappa shape index (κ2) is 4.41. The Hall–Kier alpha value is -2.68. The van der Waals surface area contributed by atoms with Crippen molar-refractivity contribution in [2.24, 2.45) is 0 Å². The summed E-state index contributed by atoms with van der Waals surface area (Å²) in [6.07, 6.45) is 5.41. The van der Waals surface area contributed by atoms with E-state index in [0.29, 0.717) is 0 Å². The van der Waals surface area contributed by atoms with Crippen LogP contribution in [0.2, 0.25) is 0 Å². The van der Waals surface area contributed by atoms with Crippen molar-refractivity contribution in [2.45, 2.75) is 19.3 Å². The van der Waals surface area contributed by atoms with E-state index >= 15 is 0 Å². The van der Waals surface area contributed by atoms with Crippen LogP contribution in [0.3, 0.4) is 0 Å². The van der Waals surface area contributed by atoms with Crippen LogP contribution in [0.4, 0.5) is 0 Å². The Labute approximate surface area is 129 Å². The van der Waals surface area contributed by atoms with Gasteiger partial charge in [-0.2, -0.15) is 0 Å². The molecule has 1 aliphatic rings. The quantitative estimate of drug-likeness (QED) is 0.731. The highest BCUT2D eigenvalue weighted by Crippen LogP contribution is 2.54. The average Bonchev–Trinajstić information content (AvgIpc) is 2.79. The first kappa shape index (κ1) is 13.0. The number of rotatable bonds is 1.